The zero-order valence-electron chi connectivity index (χ0n) is 22.2. The van der Waals surface area contributed by atoms with E-state index in [-0.39, 0.29) is 55.3 Å². The molecule has 0 spiro atoms. The second-order valence-corrected chi connectivity index (χ2v) is 8.99. The predicted octanol–water partition coefficient (Wildman–Crippen LogP) is -0.0384. The molecule has 4 unspecified atom stereocenters. The van der Waals surface area contributed by atoms with Crippen molar-refractivity contribution in [3.8, 4) is 0 Å². The molecule has 0 aromatic rings. The normalized spacial score (nSPS) is 13.8. The van der Waals surface area contributed by atoms with E-state index in [9.17, 15) is 29.4 Å². The minimum absolute atomic E-state index is 0. The molecule has 0 aliphatic carbocycles. The molecule has 0 saturated carbocycles. The Morgan fingerprint density at radius 2 is 1.09 bits per heavy atom. The van der Waals surface area contributed by atoms with E-state index in [4.69, 9.17) is 5.73 Å². The fraction of sp³-hybridized carbons (Fsp3) is 0.826. The lowest BCUT2D eigenvalue weighted by atomic mass is 9.99. The van der Waals surface area contributed by atoms with Crippen molar-refractivity contribution in [3.63, 3.8) is 0 Å². The van der Waals surface area contributed by atoms with Gasteiger partial charge in [-0.3, -0.25) is 19.2 Å². The molecule has 0 radical (unpaired) electrons. The summed E-state index contributed by atoms with van der Waals surface area (Å²) in [4.78, 5) is 45.4. The Kier molecular flexibility index (Phi) is 22.9. The molecule has 0 aromatic carbocycles. The standard InChI is InChI=1S/C12H24N2O3.C11H23N3O3.ClH/c1-5-6-9(4)11(16)12(17)13-7-10(15)14-8(2)3;1-4-5-8(12)10(16)11(17)13-6-9(15)14-7(2)3;/h8-9,11,16H,5-7H2,1-4H3,(H,13,17)(H,14,15);7-8,10,16H,4-6,12H2,1-3H3,(H,13,17)(H,14,15);1H. The third-order valence-corrected chi connectivity index (χ3v) is 4.59. The van der Waals surface area contributed by atoms with Crippen LogP contribution in [0.3, 0.4) is 0 Å². The van der Waals surface area contributed by atoms with Crippen LogP contribution in [-0.2, 0) is 19.2 Å². The molecule has 0 bridgehead atoms. The number of nitrogens with one attached hydrogen (secondary N) is 4. The van der Waals surface area contributed by atoms with Gasteiger partial charge in [-0.2, -0.15) is 0 Å². The molecule has 11 nitrogen and oxygen atoms in total. The summed E-state index contributed by atoms with van der Waals surface area (Å²) in [6, 6.07) is -0.525. The van der Waals surface area contributed by atoms with Crippen molar-refractivity contribution in [2.75, 3.05) is 13.1 Å². The van der Waals surface area contributed by atoms with Crippen LogP contribution in [-0.4, -0.2) is 77.3 Å². The van der Waals surface area contributed by atoms with Crippen LogP contribution in [0.4, 0.5) is 0 Å². The highest BCUT2D eigenvalue weighted by Gasteiger charge is 2.23. The highest BCUT2D eigenvalue weighted by atomic mass is 35.5. The zero-order chi connectivity index (χ0) is 26.8. The minimum Gasteiger partial charge on any atom is -0.383 e. The van der Waals surface area contributed by atoms with Gasteiger partial charge in [-0.05, 0) is 46.5 Å². The number of rotatable bonds is 14. The molecular formula is C23H48ClN5O6. The van der Waals surface area contributed by atoms with E-state index < -0.39 is 30.1 Å². The Bertz CT molecular complexity index is 569. The van der Waals surface area contributed by atoms with Gasteiger partial charge in [0.25, 0.3) is 5.91 Å². The Morgan fingerprint density at radius 3 is 1.43 bits per heavy atom. The monoisotopic (exact) mass is 525 g/mol. The first-order valence-corrected chi connectivity index (χ1v) is 12.0. The summed E-state index contributed by atoms with van der Waals surface area (Å²) in [5.74, 6) is -1.71. The molecular weight excluding hydrogens is 478 g/mol. The molecule has 4 amide bonds. The average Bonchev–Trinajstić information content (AvgIpc) is 2.74. The Labute approximate surface area is 216 Å². The molecule has 4 atom stereocenters. The second kappa shape index (κ2) is 21.3. The van der Waals surface area contributed by atoms with Crippen LogP contribution < -0.4 is 27.0 Å². The van der Waals surface area contributed by atoms with Gasteiger partial charge in [-0.25, -0.2) is 0 Å². The molecule has 0 heterocycles. The molecule has 8 N–H and O–H groups in total. The van der Waals surface area contributed by atoms with Crippen LogP contribution in [0.25, 0.3) is 0 Å². The van der Waals surface area contributed by atoms with E-state index in [2.05, 4.69) is 21.3 Å². The maximum atomic E-state index is 11.5. The Hall–Kier alpha value is -1.95. The number of aliphatic hydroxyl groups is 2. The van der Waals surface area contributed by atoms with Gasteiger partial charge in [-0.1, -0.05) is 33.6 Å². The van der Waals surface area contributed by atoms with Crippen LogP contribution >= 0.6 is 12.4 Å². The van der Waals surface area contributed by atoms with E-state index in [1.54, 1.807) is 0 Å². The summed E-state index contributed by atoms with van der Waals surface area (Å²) in [5.41, 5.74) is 5.60. The SMILES string of the molecule is CCCC(C)C(O)C(=O)NCC(=O)NC(C)C.CCCC(N)C(O)C(=O)NCC(=O)NC(C)C.Cl. The van der Waals surface area contributed by atoms with Crippen LogP contribution in [0.2, 0.25) is 0 Å². The van der Waals surface area contributed by atoms with Crippen LogP contribution in [0.15, 0.2) is 0 Å². The van der Waals surface area contributed by atoms with Crippen LogP contribution in [0, 0.1) is 5.92 Å². The topological polar surface area (TPSA) is 183 Å². The molecule has 0 rings (SSSR count). The van der Waals surface area contributed by atoms with Gasteiger partial charge < -0.3 is 37.2 Å². The van der Waals surface area contributed by atoms with Gasteiger partial charge in [0, 0.05) is 18.1 Å². The largest absolute Gasteiger partial charge is 0.383 e. The van der Waals surface area contributed by atoms with Crippen molar-refractivity contribution in [1.82, 2.24) is 21.3 Å². The molecule has 35 heavy (non-hydrogen) atoms. The molecule has 0 saturated heterocycles. The minimum atomic E-state index is -1.26. The molecule has 0 aliphatic heterocycles. The number of nitrogens with two attached hydrogens (primary N) is 1. The highest BCUT2D eigenvalue weighted by Crippen LogP contribution is 2.10. The maximum absolute atomic E-state index is 11.5. The first-order chi connectivity index (χ1) is 15.8. The van der Waals surface area contributed by atoms with Crippen molar-refractivity contribution in [2.45, 2.75) is 104 Å². The smallest absolute Gasteiger partial charge is 0.250 e. The molecule has 0 aliphatic rings. The van der Waals surface area contributed by atoms with E-state index in [1.807, 2.05) is 48.5 Å². The molecule has 12 heteroatoms. The second-order valence-electron chi connectivity index (χ2n) is 8.99. The number of hydrogen-bond donors (Lipinski definition) is 7. The Balaban J connectivity index is -0.000000569. The number of carbonyl (C=O) groups is 4. The fourth-order valence-corrected chi connectivity index (χ4v) is 2.85. The summed E-state index contributed by atoms with van der Waals surface area (Å²) in [6.07, 6.45) is 0.752. The highest BCUT2D eigenvalue weighted by molar-refractivity contribution is 5.87. The number of aliphatic hydroxyl groups excluding tert-OH is 2. The van der Waals surface area contributed by atoms with Gasteiger partial charge in [0.2, 0.25) is 17.7 Å². The predicted molar refractivity (Wildman–Crippen MR) is 139 cm³/mol. The van der Waals surface area contributed by atoms with E-state index in [1.165, 1.54) is 0 Å². The first-order valence-electron chi connectivity index (χ1n) is 12.0. The van der Waals surface area contributed by atoms with Crippen LogP contribution in [0.5, 0.6) is 0 Å². The Morgan fingerprint density at radius 1 is 0.714 bits per heavy atom. The summed E-state index contributed by atoms with van der Waals surface area (Å²) in [5, 5.41) is 29.3. The van der Waals surface area contributed by atoms with Gasteiger partial charge >= 0.3 is 0 Å². The quantitative estimate of drug-likeness (QED) is 0.166. The summed E-state index contributed by atoms with van der Waals surface area (Å²) >= 11 is 0. The lowest BCUT2D eigenvalue weighted by Gasteiger charge is -2.17. The van der Waals surface area contributed by atoms with Crippen molar-refractivity contribution in [3.05, 3.63) is 0 Å². The first kappa shape index (κ1) is 37.6. The van der Waals surface area contributed by atoms with Crippen molar-refractivity contribution in [2.24, 2.45) is 11.7 Å². The fourth-order valence-electron chi connectivity index (χ4n) is 2.85. The molecule has 0 aromatic heterocycles. The van der Waals surface area contributed by atoms with Gasteiger partial charge in [0.05, 0.1) is 13.1 Å². The third-order valence-electron chi connectivity index (χ3n) is 4.59. The van der Waals surface area contributed by atoms with E-state index >= 15 is 0 Å². The van der Waals surface area contributed by atoms with Crippen molar-refractivity contribution >= 4 is 36.0 Å². The third kappa shape index (κ3) is 20.0. The van der Waals surface area contributed by atoms with Crippen molar-refractivity contribution < 1.29 is 29.4 Å². The molecule has 208 valence electrons. The summed E-state index contributed by atoms with van der Waals surface area (Å²) < 4.78 is 0. The summed E-state index contributed by atoms with van der Waals surface area (Å²) in [7, 11) is 0. The van der Waals surface area contributed by atoms with E-state index in [0.29, 0.717) is 6.42 Å². The average molecular weight is 526 g/mol. The van der Waals surface area contributed by atoms with Crippen LogP contribution in [0.1, 0.15) is 74.1 Å². The zero-order valence-corrected chi connectivity index (χ0v) is 23.0. The number of hydrogen-bond acceptors (Lipinski definition) is 7. The lowest BCUT2D eigenvalue weighted by Crippen LogP contribution is -2.49. The maximum Gasteiger partial charge on any atom is 0.250 e. The lowest BCUT2D eigenvalue weighted by molar-refractivity contribution is -0.134. The van der Waals surface area contributed by atoms with E-state index in [0.717, 1.165) is 19.3 Å². The van der Waals surface area contributed by atoms with Crippen molar-refractivity contribution in [1.29, 1.82) is 0 Å². The van der Waals surface area contributed by atoms with Gasteiger partial charge in [-0.15, -0.1) is 12.4 Å². The molecule has 0 fully saturated rings. The van der Waals surface area contributed by atoms with Gasteiger partial charge in [0.15, 0.2) is 0 Å². The number of carbonyl (C=O) groups excluding carboxylic acids is 4. The summed E-state index contributed by atoms with van der Waals surface area (Å²) in [6.45, 7) is 12.8. The van der Waals surface area contributed by atoms with Gasteiger partial charge in [0.1, 0.15) is 12.2 Å². The number of amides is 4. The number of halogens is 1.